The van der Waals surface area contributed by atoms with Crippen LogP contribution in [-0.4, -0.2) is 70.9 Å². The molecule has 144 valence electrons. The third-order valence-corrected chi connectivity index (χ3v) is 6.89. The Morgan fingerprint density at radius 2 is 2.04 bits per heavy atom. The lowest BCUT2D eigenvalue weighted by molar-refractivity contribution is 0.0278. The van der Waals surface area contributed by atoms with Gasteiger partial charge in [0.25, 0.3) is 5.91 Å². The largest absolute Gasteiger partial charge is 0.505 e. The zero-order chi connectivity index (χ0) is 19.2. The number of amides is 1. The number of aryl methyl sites for hydroxylation is 1. The van der Waals surface area contributed by atoms with Crippen molar-refractivity contribution in [2.75, 3.05) is 24.6 Å². The molecule has 0 unspecified atom stereocenters. The molecule has 2 aromatic rings. The number of nitrogens with zero attached hydrogens (tertiary/aromatic N) is 3. The molecule has 2 aliphatic rings. The first kappa shape index (κ1) is 18.0. The number of pyridine rings is 1. The van der Waals surface area contributed by atoms with Gasteiger partial charge in [-0.2, -0.15) is 0 Å². The number of furan rings is 1. The van der Waals surface area contributed by atoms with Crippen molar-refractivity contribution in [1.82, 2.24) is 14.8 Å². The van der Waals surface area contributed by atoms with Crippen molar-refractivity contribution < 1.29 is 22.7 Å². The van der Waals surface area contributed by atoms with E-state index in [-0.39, 0.29) is 29.0 Å². The maximum atomic E-state index is 12.9. The summed E-state index contributed by atoms with van der Waals surface area (Å²) >= 11 is 0. The van der Waals surface area contributed by atoms with E-state index in [2.05, 4.69) is 9.88 Å². The van der Waals surface area contributed by atoms with Crippen molar-refractivity contribution >= 4 is 15.7 Å². The summed E-state index contributed by atoms with van der Waals surface area (Å²) in [7, 11) is -3.26. The van der Waals surface area contributed by atoms with Gasteiger partial charge in [0.05, 0.1) is 24.1 Å². The van der Waals surface area contributed by atoms with Gasteiger partial charge in [0, 0.05) is 25.3 Å². The van der Waals surface area contributed by atoms with Crippen LogP contribution in [0.3, 0.4) is 0 Å². The standard InChI is InChI=1S/C18H21N3O5S/c1-12-4-5-13(26-12)9-20-7-8-21(15-11-27(24,25)10-14(15)20)18(23)17-16(22)3-2-6-19-17/h2-6,14-15,22H,7-11H2,1H3/t14-,15+/m0/s1. The van der Waals surface area contributed by atoms with Gasteiger partial charge in [0.15, 0.2) is 15.5 Å². The fraction of sp³-hybridized carbons (Fsp3) is 0.444. The van der Waals surface area contributed by atoms with Crippen molar-refractivity contribution in [3.8, 4) is 5.75 Å². The Morgan fingerprint density at radius 3 is 2.74 bits per heavy atom. The lowest BCUT2D eigenvalue weighted by atomic mass is 10.0. The molecule has 0 bridgehead atoms. The van der Waals surface area contributed by atoms with E-state index in [1.54, 1.807) is 4.90 Å². The van der Waals surface area contributed by atoms with E-state index in [1.807, 2.05) is 19.1 Å². The summed E-state index contributed by atoms with van der Waals surface area (Å²) in [6.45, 7) is 3.25. The minimum Gasteiger partial charge on any atom is -0.505 e. The van der Waals surface area contributed by atoms with E-state index < -0.39 is 21.8 Å². The number of sulfone groups is 1. The second-order valence-corrected chi connectivity index (χ2v) is 9.22. The van der Waals surface area contributed by atoms with E-state index in [0.29, 0.717) is 19.6 Å². The zero-order valence-electron chi connectivity index (χ0n) is 14.9. The summed E-state index contributed by atoms with van der Waals surface area (Å²) in [5.41, 5.74) is -0.0457. The highest BCUT2D eigenvalue weighted by Gasteiger charge is 2.48. The molecule has 1 N–H and O–H groups in total. The second kappa shape index (κ2) is 6.65. The molecule has 2 fully saturated rings. The Morgan fingerprint density at radius 1 is 1.26 bits per heavy atom. The summed E-state index contributed by atoms with van der Waals surface area (Å²) in [4.78, 5) is 20.5. The van der Waals surface area contributed by atoms with Crippen LogP contribution in [0.1, 0.15) is 22.0 Å². The summed E-state index contributed by atoms with van der Waals surface area (Å²) in [5, 5.41) is 9.95. The molecule has 0 aliphatic carbocycles. The highest BCUT2D eigenvalue weighted by molar-refractivity contribution is 7.91. The van der Waals surface area contributed by atoms with Gasteiger partial charge < -0.3 is 14.4 Å². The van der Waals surface area contributed by atoms with Crippen molar-refractivity contribution in [3.05, 3.63) is 47.7 Å². The Bertz CT molecular complexity index is 971. The third-order valence-electron chi connectivity index (χ3n) is 5.20. The predicted molar refractivity (Wildman–Crippen MR) is 97.0 cm³/mol. The van der Waals surface area contributed by atoms with Crippen molar-refractivity contribution in [2.24, 2.45) is 0 Å². The monoisotopic (exact) mass is 391 g/mol. The molecule has 0 radical (unpaired) electrons. The number of aromatic nitrogens is 1. The SMILES string of the molecule is Cc1ccc(CN2CCN(C(=O)c3ncccc3O)[C@@H]3CS(=O)(=O)C[C@@H]32)o1. The molecule has 4 rings (SSSR count). The van der Waals surface area contributed by atoms with E-state index in [4.69, 9.17) is 4.42 Å². The molecule has 8 nitrogen and oxygen atoms in total. The molecule has 2 atom stereocenters. The predicted octanol–water partition coefficient (Wildman–Crippen LogP) is 0.812. The number of piperazine rings is 1. The fourth-order valence-corrected chi connectivity index (χ4v) is 5.95. The topological polar surface area (TPSA) is 104 Å². The van der Waals surface area contributed by atoms with E-state index >= 15 is 0 Å². The van der Waals surface area contributed by atoms with Gasteiger partial charge in [-0.1, -0.05) is 0 Å². The van der Waals surface area contributed by atoms with E-state index in [0.717, 1.165) is 11.5 Å². The van der Waals surface area contributed by atoms with Crippen LogP contribution in [0.5, 0.6) is 5.75 Å². The molecule has 1 amide bonds. The average molecular weight is 391 g/mol. The smallest absolute Gasteiger partial charge is 0.276 e. The quantitative estimate of drug-likeness (QED) is 0.826. The molecule has 9 heteroatoms. The lowest BCUT2D eigenvalue weighted by Crippen LogP contribution is -2.60. The summed E-state index contributed by atoms with van der Waals surface area (Å²) in [6, 6.07) is 5.94. The van der Waals surface area contributed by atoms with Gasteiger partial charge >= 0.3 is 0 Å². The molecular weight excluding hydrogens is 370 g/mol. The number of hydrogen-bond donors (Lipinski definition) is 1. The Labute approximate surface area is 157 Å². The molecular formula is C18H21N3O5S. The number of carbonyl (C=O) groups excluding carboxylic acids is 1. The fourth-order valence-electron chi connectivity index (χ4n) is 3.94. The van der Waals surface area contributed by atoms with Crippen molar-refractivity contribution in [3.63, 3.8) is 0 Å². The van der Waals surface area contributed by atoms with Gasteiger partial charge in [0.1, 0.15) is 17.3 Å². The maximum absolute atomic E-state index is 12.9. The lowest BCUT2D eigenvalue weighted by Gasteiger charge is -2.43. The highest BCUT2D eigenvalue weighted by Crippen LogP contribution is 2.30. The average Bonchev–Trinajstić information content (AvgIpc) is 3.17. The number of carbonyl (C=O) groups is 1. The van der Waals surface area contributed by atoms with Gasteiger partial charge in [-0.3, -0.25) is 9.69 Å². The first-order chi connectivity index (χ1) is 12.8. The first-order valence-corrected chi connectivity index (χ1v) is 10.6. The van der Waals surface area contributed by atoms with Crippen LogP contribution in [0.4, 0.5) is 0 Å². The van der Waals surface area contributed by atoms with E-state index in [9.17, 15) is 18.3 Å². The molecule has 2 aliphatic heterocycles. The highest BCUT2D eigenvalue weighted by atomic mass is 32.2. The van der Waals surface area contributed by atoms with Crippen LogP contribution in [0.2, 0.25) is 0 Å². The zero-order valence-corrected chi connectivity index (χ0v) is 15.7. The number of rotatable bonds is 3. The van der Waals surface area contributed by atoms with Crippen LogP contribution in [0.25, 0.3) is 0 Å². The minimum absolute atomic E-state index is 0.00926. The Kier molecular flexibility index (Phi) is 4.43. The van der Waals surface area contributed by atoms with Crippen LogP contribution >= 0.6 is 0 Å². The van der Waals surface area contributed by atoms with Gasteiger partial charge in [0.2, 0.25) is 0 Å². The van der Waals surface area contributed by atoms with Crippen molar-refractivity contribution in [2.45, 2.75) is 25.6 Å². The summed E-state index contributed by atoms with van der Waals surface area (Å²) < 4.78 is 30.3. The Balaban J connectivity index is 1.60. The number of aromatic hydroxyl groups is 1. The van der Waals surface area contributed by atoms with Crippen LogP contribution in [0.15, 0.2) is 34.9 Å². The number of fused-ring (bicyclic) bond motifs is 1. The molecule has 0 spiro atoms. The van der Waals surface area contributed by atoms with Crippen molar-refractivity contribution in [1.29, 1.82) is 0 Å². The summed E-state index contributed by atoms with van der Waals surface area (Å²) in [5.74, 6) is 0.875. The minimum atomic E-state index is -3.26. The van der Waals surface area contributed by atoms with Gasteiger partial charge in [-0.25, -0.2) is 13.4 Å². The number of hydrogen-bond acceptors (Lipinski definition) is 7. The van der Waals surface area contributed by atoms with Crippen LogP contribution in [0, 0.1) is 6.92 Å². The maximum Gasteiger partial charge on any atom is 0.276 e. The molecule has 0 saturated carbocycles. The van der Waals surface area contributed by atoms with E-state index in [1.165, 1.54) is 18.3 Å². The second-order valence-electron chi connectivity index (χ2n) is 7.06. The first-order valence-electron chi connectivity index (χ1n) is 8.79. The third kappa shape index (κ3) is 3.44. The van der Waals surface area contributed by atoms with Gasteiger partial charge in [-0.05, 0) is 31.2 Å². The van der Waals surface area contributed by atoms with Crippen LogP contribution < -0.4 is 0 Å². The Hall–Kier alpha value is -2.39. The normalized spacial score (nSPS) is 24.7. The molecule has 27 heavy (non-hydrogen) atoms. The molecule has 0 aromatic carbocycles. The van der Waals surface area contributed by atoms with Crippen LogP contribution in [-0.2, 0) is 16.4 Å². The molecule has 2 aromatic heterocycles. The van der Waals surface area contributed by atoms with Gasteiger partial charge in [-0.15, -0.1) is 0 Å². The molecule has 2 saturated heterocycles. The molecule has 4 heterocycles. The summed E-state index contributed by atoms with van der Waals surface area (Å²) in [6.07, 6.45) is 1.44.